The van der Waals surface area contributed by atoms with Gasteiger partial charge < -0.3 is 30.2 Å². The number of hydrogen-bond donors (Lipinski definition) is 4. The van der Waals surface area contributed by atoms with E-state index in [0.29, 0.717) is 42.1 Å². The number of nitrogens with one attached hydrogen (secondary N) is 2. The van der Waals surface area contributed by atoms with E-state index in [4.69, 9.17) is 4.74 Å². The average Bonchev–Trinajstić information content (AvgIpc) is 3.54. The number of aliphatic hydroxyl groups excluding tert-OH is 1. The minimum Gasteiger partial charge on any atom is -0.432 e. The van der Waals surface area contributed by atoms with Crippen molar-refractivity contribution in [3.05, 3.63) is 89.5 Å². The maximum absolute atomic E-state index is 14.9. The van der Waals surface area contributed by atoms with Crippen molar-refractivity contribution < 1.29 is 29.0 Å². The summed E-state index contributed by atoms with van der Waals surface area (Å²) in [4.78, 5) is 57.6. The number of fused-ring (bicyclic) bond motifs is 3. The first-order chi connectivity index (χ1) is 23.5. The highest BCUT2D eigenvalue weighted by molar-refractivity contribution is 6.71. The van der Waals surface area contributed by atoms with Gasteiger partial charge in [0.25, 0.3) is 5.91 Å². The van der Waals surface area contributed by atoms with Crippen LogP contribution in [-0.4, -0.2) is 72.7 Å². The maximum Gasteiger partial charge on any atom is 0.268 e. The van der Waals surface area contributed by atoms with E-state index < -0.39 is 31.5 Å². The van der Waals surface area contributed by atoms with Gasteiger partial charge in [-0.25, -0.2) is 0 Å². The van der Waals surface area contributed by atoms with Crippen molar-refractivity contribution in [2.24, 2.45) is 11.8 Å². The number of carbonyl (C=O) groups is 3. The normalized spacial score (nSPS) is 28.0. The number of piperidine rings is 1. The zero-order valence-corrected chi connectivity index (χ0v) is 29.4. The molecule has 2 fully saturated rings. The largest absolute Gasteiger partial charge is 0.432 e. The van der Waals surface area contributed by atoms with Gasteiger partial charge in [0, 0.05) is 41.5 Å². The fraction of sp³-hybridized carbons (Fsp3) is 0.447. The Bertz CT molecular complexity index is 1740. The zero-order valence-electron chi connectivity index (χ0n) is 28.4. The van der Waals surface area contributed by atoms with E-state index in [1.807, 2.05) is 92.8 Å². The summed E-state index contributed by atoms with van der Waals surface area (Å²) in [6.45, 7) is 7.36. The van der Waals surface area contributed by atoms with Gasteiger partial charge in [0.2, 0.25) is 11.8 Å². The van der Waals surface area contributed by atoms with Crippen LogP contribution in [0.4, 0.5) is 17.1 Å². The summed E-state index contributed by atoms with van der Waals surface area (Å²) in [5, 5.41) is 16.7. The minimum atomic E-state index is -3.05. The van der Waals surface area contributed by atoms with Gasteiger partial charge in [0.05, 0.1) is 36.8 Å². The standard InChI is InChI=1S/C38H46N4O6Si/c1-24-35(49(2,3)47)33(20-34(44)41-22-27-11-8-7-10-25(27)18-30(41)23-43)48-38(24)31-19-28(40-36(45)26-12-9-17-39-21-26)15-16-32(31)42(37(38)46)29-13-5-4-6-14-29/h4-8,10-11,13-16,19,24,26,30,33,35,39,43,47H,9,12,17-18,20-23H2,1-3H3,(H,40,45)/t24-,26?,30-,33+,35-,38+/m0/s1. The van der Waals surface area contributed by atoms with E-state index in [9.17, 15) is 24.3 Å². The van der Waals surface area contributed by atoms with Crippen LogP contribution in [0.3, 0.4) is 0 Å². The number of carbonyl (C=O) groups excluding carboxylic acids is 3. The van der Waals surface area contributed by atoms with Crippen LogP contribution in [0.1, 0.15) is 42.9 Å². The van der Waals surface area contributed by atoms with Gasteiger partial charge in [-0.15, -0.1) is 0 Å². The van der Waals surface area contributed by atoms with Crippen LogP contribution < -0.4 is 15.5 Å². The van der Waals surface area contributed by atoms with Crippen LogP contribution in [-0.2, 0) is 37.7 Å². The summed E-state index contributed by atoms with van der Waals surface area (Å²) in [6.07, 6.45) is 1.51. The molecule has 3 aromatic rings. The zero-order chi connectivity index (χ0) is 34.5. The van der Waals surface area contributed by atoms with E-state index in [2.05, 4.69) is 10.6 Å². The molecule has 4 heterocycles. The molecule has 0 aromatic heterocycles. The van der Waals surface area contributed by atoms with Crippen molar-refractivity contribution in [2.75, 3.05) is 29.9 Å². The highest BCUT2D eigenvalue weighted by atomic mass is 28.4. The Morgan fingerprint density at radius 2 is 1.80 bits per heavy atom. The second kappa shape index (κ2) is 13.1. The Hall–Kier alpha value is -3.87. The minimum absolute atomic E-state index is 0.0362. The molecule has 49 heavy (non-hydrogen) atoms. The van der Waals surface area contributed by atoms with Crippen molar-refractivity contribution in [1.82, 2.24) is 10.2 Å². The number of nitrogens with zero attached hydrogens (tertiary/aromatic N) is 2. The summed E-state index contributed by atoms with van der Waals surface area (Å²) in [5.74, 6) is -1.16. The highest BCUT2D eigenvalue weighted by Gasteiger charge is 2.67. The van der Waals surface area contributed by atoms with Gasteiger partial charge in [-0.2, -0.15) is 0 Å². The number of aliphatic hydroxyl groups is 1. The van der Waals surface area contributed by atoms with E-state index >= 15 is 0 Å². The highest BCUT2D eigenvalue weighted by Crippen LogP contribution is 2.61. The molecule has 4 aliphatic heterocycles. The number of hydrogen-bond acceptors (Lipinski definition) is 7. The number of ether oxygens (including phenoxy) is 1. The van der Waals surface area contributed by atoms with E-state index in [1.54, 1.807) is 9.80 Å². The van der Waals surface area contributed by atoms with Crippen LogP contribution in [0.2, 0.25) is 18.6 Å². The lowest BCUT2D eigenvalue weighted by Crippen LogP contribution is -2.48. The number of amides is 3. The quantitative estimate of drug-likeness (QED) is 0.271. The number of para-hydroxylation sites is 1. The molecule has 4 N–H and O–H groups in total. The Morgan fingerprint density at radius 3 is 2.49 bits per heavy atom. The number of benzene rings is 3. The van der Waals surface area contributed by atoms with Crippen LogP contribution in [0.15, 0.2) is 72.8 Å². The van der Waals surface area contributed by atoms with Crippen LogP contribution in [0.5, 0.6) is 0 Å². The third-order valence-electron chi connectivity index (χ3n) is 11.1. The van der Waals surface area contributed by atoms with Crippen molar-refractivity contribution in [2.45, 2.75) is 75.5 Å². The fourth-order valence-corrected chi connectivity index (χ4v) is 11.3. The summed E-state index contributed by atoms with van der Waals surface area (Å²) >= 11 is 0. The Kier molecular flexibility index (Phi) is 8.99. The molecule has 3 aromatic carbocycles. The third kappa shape index (κ3) is 5.91. The van der Waals surface area contributed by atoms with Crippen LogP contribution >= 0.6 is 0 Å². The van der Waals surface area contributed by atoms with E-state index in [1.165, 1.54) is 0 Å². The molecule has 258 valence electrons. The second-order valence-corrected chi connectivity index (χ2v) is 18.6. The third-order valence-corrected chi connectivity index (χ3v) is 13.6. The molecule has 10 nitrogen and oxygen atoms in total. The van der Waals surface area contributed by atoms with Gasteiger partial charge in [-0.3, -0.25) is 19.3 Å². The van der Waals surface area contributed by atoms with Crippen LogP contribution in [0, 0.1) is 11.8 Å². The van der Waals surface area contributed by atoms with Crippen molar-refractivity contribution in [1.29, 1.82) is 0 Å². The van der Waals surface area contributed by atoms with Gasteiger partial charge in [-0.05, 0) is 80.4 Å². The Balaban J connectivity index is 1.26. The Morgan fingerprint density at radius 1 is 1.06 bits per heavy atom. The molecule has 0 radical (unpaired) electrons. The molecule has 6 atom stereocenters. The van der Waals surface area contributed by atoms with Crippen molar-refractivity contribution in [3.63, 3.8) is 0 Å². The van der Waals surface area contributed by atoms with Crippen molar-refractivity contribution >= 4 is 43.1 Å². The first-order valence-electron chi connectivity index (χ1n) is 17.5. The number of anilines is 3. The lowest BCUT2D eigenvalue weighted by molar-refractivity contribution is -0.150. The smallest absolute Gasteiger partial charge is 0.268 e. The molecule has 4 aliphatic rings. The SMILES string of the molecule is C[C@H]1[C@H]([Si](C)(C)O)[C@@H](CC(=O)N2Cc3ccccc3C[C@H]2CO)O[C@]12C(=O)N(c1ccccc1)c1ccc(NC(=O)C3CCCNC3)cc12. The van der Waals surface area contributed by atoms with Gasteiger partial charge in [-0.1, -0.05) is 49.4 Å². The number of rotatable bonds is 7. The molecule has 3 amide bonds. The van der Waals surface area contributed by atoms with Crippen molar-refractivity contribution in [3.8, 4) is 0 Å². The molecular formula is C38H46N4O6Si. The van der Waals surface area contributed by atoms with Gasteiger partial charge in [0.15, 0.2) is 13.9 Å². The molecule has 1 unspecified atom stereocenters. The molecule has 0 aliphatic carbocycles. The molecule has 1 spiro atoms. The summed E-state index contributed by atoms with van der Waals surface area (Å²) in [6, 6.07) is 22.5. The molecular weight excluding hydrogens is 637 g/mol. The lowest BCUT2D eigenvalue weighted by Gasteiger charge is -2.37. The average molecular weight is 683 g/mol. The van der Waals surface area contributed by atoms with Crippen LogP contribution in [0.25, 0.3) is 0 Å². The molecule has 11 heteroatoms. The maximum atomic E-state index is 14.9. The predicted octanol–water partition coefficient (Wildman–Crippen LogP) is 4.44. The topological polar surface area (TPSA) is 131 Å². The first kappa shape index (κ1) is 33.6. The molecule has 2 saturated heterocycles. The van der Waals surface area contributed by atoms with Gasteiger partial charge in [0.1, 0.15) is 0 Å². The van der Waals surface area contributed by atoms with E-state index in [-0.39, 0.29) is 42.7 Å². The molecule has 0 saturated carbocycles. The lowest BCUT2D eigenvalue weighted by atomic mass is 9.82. The summed E-state index contributed by atoms with van der Waals surface area (Å²) < 4.78 is 6.98. The Labute approximate surface area is 288 Å². The monoisotopic (exact) mass is 682 g/mol. The summed E-state index contributed by atoms with van der Waals surface area (Å²) in [5.41, 5.74) is 2.73. The van der Waals surface area contributed by atoms with Gasteiger partial charge >= 0.3 is 0 Å². The summed E-state index contributed by atoms with van der Waals surface area (Å²) in [7, 11) is -3.05. The predicted molar refractivity (Wildman–Crippen MR) is 190 cm³/mol. The van der Waals surface area contributed by atoms with E-state index in [0.717, 1.165) is 30.5 Å². The fourth-order valence-electron chi connectivity index (χ4n) is 8.77. The first-order valence-corrected chi connectivity index (χ1v) is 20.5. The second-order valence-electron chi connectivity index (χ2n) is 14.6. The molecule has 0 bridgehead atoms. The molecule has 7 rings (SSSR count).